The Hall–Kier alpha value is -1.28. The largest absolute Gasteiger partial charge is 0.394 e. The van der Waals surface area contributed by atoms with Crippen molar-refractivity contribution in [3.63, 3.8) is 0 Å². The van der Waals surface area contributed by atoms with E-state index in [9.17, 15) is 9.90 Å². The number of aryl methyl sites for hydroxylation is 2. The smallest absolute Gasteiger partial charge is 0.259 e. The van der Waals surface area contributed by atoms with E-state index >= 15 is 0 Å². The third-order valence-corrected chi connectivity index (χ3v) is 4.07. The zero-order chi connectivity index (χ0) is 14.0. The molecule has 104 valence electrons. The van der Waals surface area contributed by atoms with E-state index in [4.69, 9.17) is 5.11 Å². The first-order valence-corrected chi connectivity index (χ1v) is 6.83. The predicted molar refractivity (Wildman–Crippen MR) is 74.5 cm³/mol. The molecule has 19 heavy (non-hydrogen) atoms. The van der Waals surface area contributed by atoms with Crippen LogP contribution in [0.5, 0.6) is 0 Å². The van der Waals surface area contributed by atoms with Crippen LogP contribution in [0.1, 0.15) is 16.3 Å². The molecule has 0 aliphatic carbocycles. The van der Waals surface area contributed by atoms with Crippen LogP contribution in [0.25, 0.3) is 10.2 Å². The van der Waals surface area contributed by atoms with Crippen LogP contribution in [0.15, 0.2) is 4.79 Å². The summed E-state index contributed by atoms with van der Waals surface area (Å²) >= 11 is 1.50. The van der Waals surface area contributed by atoms with Gasteiger partial charge in [0, 0.05) is 11.4 Å². The molecule has 1 atom stereocenters. The lowest BCUT2D eigenvalue weighted by molar-refractivity contribution is 0.0941. The first kappa shape index (κ1) is 14.1. The van der Waals surface area contributed by atoms with Crippen LogP contribution >= 0.6 is 11.3 Å². The minimum Gasteiger partial charge on any atom is -0.394 e. The van der Waals surface area contributed by atoms with Crippen LogP contribution in [0.2, 0.25) is 0 Å². The molecule has 0 saturated carbocycles. The van der Waals surface area contributed by atoms with Crippen molar-refractivity contribution < 1.29 is 10.2 Å². The number of nitrogens with zero attached hydrogens (tertiary/aromatic N) is 1. The van der Waals surface area contributed by atoms with Gasteiger partial charge in [-0.05, 0) is 19.4 Å². The highest BCUT2D eigenvalue weighted by molar-refractivity contribution is 7.18. The summed E-state index contributed by atoms with van der Waals surface area (Å²) in [5.74, 6) is 0.531. The lowest BCUT2D eigenvalue weighted by Crippen LogP contribution is -2.30. The van der Waals surface area contributed by atoms with Crippen LogP contribution in [-0.2, 0) is 6.54 Å². The number of hydrogen-bond donors (Lipinski definition) is 4. The molecule has 2 heterocycles. The molecule has 0 aliphatic heterocycles. The fourth-order valence-corrected chi connectivity index (χ4v) is 2.85. The third kappa shape index (κ3) is 3.01. The lowest BCUT2D eigenvalue weighted by Gasteiger charge is -2.08. The SMILES string of the molecule is Cc1sc2nc(CNCC(O)CO)[nH]c(=O)c2c1C. The van der Waals surface area contributed by atoms with Gasteiger partial charge >= 0.3 is 0 Å². The zero-order valence-electron chi connectivity index (χ0n) is 10.9. The molecule has 2 rings (SSSR count). The second-order valence-electron chi connectivity index (χ2n) is 4.44. The molecule has 6 nitrogen and oxygen atoms in total. The fraction of sp³-hybridized carbons (Fsp3) is 0.500. The zero-order valence-corrected chi connectivity index (χ0v) is 11.7. The maximum Gasteiger partial charge on any atom is 0.259 e. The number of H-pyrrole nitrogens is 1. The molecule has 2 aromatic rings. The van der Waals surface area contributed by atoms with Gasteiger partial charge in [0.1, 0.15) is 10.7 Å². The number of aliphatic hydroxyl groups excluding tert-OH is 2. The summed E-state index contributed by atoms with van der Waals surface area (Å²) in [6.45, 7) is 4.19. The van der Waals surface area contributed by atoms with E-state index < -0.39 is 6.10 Å². The van der Waals surface area contributed by atoms with Crippen molar-refractivity contribution in [1.29, 1.82) is 0 Å². The van der Waals surface area contributed by atoms with Gasteiger partial charge in [-0.3, -0.25) is 4.79 Å². The van der Waals surface area contributed by atoms with Crippen molar-refractivity contribution in [3.8, 4) is 0 Å². The number of rotatable bonds is 5. The van der Waals surface area contributed by atoms with Crippen LogP contribution in [-0.4, -0.2) is 39.4 Å². The highest BCUT2D eigenvalue weighted by Gasteiger charge is 2.11. The highest BCUT2D eigenvalue weighted by atomic mass is 32.1. The molecule has 7 heteroatoms. The van der Waals surface area contributed by atoms with Crippen molar-refractivity contribution in [3.05, 3.63) is 26.6 Å². The normalized spacial score (nSPS) is 13.1. The van der Waals surface area contributed by atoms with Gasteiger partial charge in [-0.25, -0.2) is 4.98 Å². The van der Waals surface area contributed by atoms with Crippen molar-refractivity contribution in [2.75, 3.05) is 13.2 Å². The Morgan fingerprint density at radius 2 is 2.21 bits per heavy atom. The molecule has 0 fully saturated rings. The Morgan fingerprint density at radius 1 is 1.47 bits per heavy atom. The van der Waals surface area contributed by atoms with E-state index in [1.807, 2.05) is 13.8 Å². The predicted octanol–water partition coefficient (Wildman–Crippen LogP) is 0.0442. The first-order chi connectivity index (χ1) is 9.02. The van der Waals surface area contributed by atoms with Gasteiger partial charge in [0.15, 0.2) is 0 Å². The molecule has 0 bridgehead atoms. The molecule has 0 spiro atoms. The van der Waals surface area contributed by atoms with Gasteiger partial charge in [-0.2, -0.15) is 0 Å². The first-order valence-electron chi connectivity index (χ1n) is 6.01. The number of hydrogen-bond acceptors (Lipinski definition) is 6. The monoisotopic (exact) mass is 283 g/mol. The second kappa shape index (κ2) is 5.79. The maximum atomic E-state index is 12.0. The second-order valence-corrected chi connectivity index (χ2v) is 5.65. The van der Waals surface area contributed by atoms with Gasteiger partial charge in [0.25, 0.3) is 5.56 Å². The number of fused-ring (bicyclic) bond motifs is 1. The molecular weight excluding hydrogens is 266 g/mol. The van der Waals surface area contributed by atoms with Crippen LogP contribution in [0.3, 0.4) is 0 Å². The quantitative estimate of drug-likeness (QED) is 0.621. The number of thiophene rings is 1. The summed E-state index contributed by atoms with van der Waals surface area (Å²) in [6.07, 6.45) is -0.804. The Labute approximate surface area is 114 Å². The number of aliphatic hydroxyl groups is 2. The highest BCUT2D eigenvalue weighted by Crippen LogP contribution is 2.25. The summed E-state index contributed by atoms with van der Waals surface area (Å²) < 4.78 is 0. The summed E-state index contributed by atoms with van der Waals surface area (Å²) in [6, 6.07) is 0. The van der Waals surface area contributed by atoms with Crippen LogP contribution in [0.4, 0.5) is 0 Å². The van der Waals surface area contributed by atoms with Gasteiger partial charge in [-0.15, -0.1) is 11.3 Å². The summed E-state index contributed by atoms with van der Waals surface area (Å²) in [5.41, 5.74) is 0.843. The molecule has 0 saturated heterocycles. The molecule has 0 aliphatic rings. The summed E-state index contributed by atoms with van der Waals surface area (Å²) in [5, 5.41) is 21.5. The van der Waals surface area contributed by atoms with Crippen molar-refractivity contribution in [2.24, 2.45) is 0 Å². The molecule has 2 aromatic heterocycles. The maximum absolute atomic E-state index is 12.0. The van der Waals surface area contributed by atoms with E-state index in [0.29, 0.717) is 17.8 Å². The summed E-state index contributed by atoms with van der Waals surface area (Å²) in [7, 11) is 0. The Balaban J connectivity index is 2.20. The number of aromatic nitrogens is 2. The van der Waals surface area contributed by atoms with Gasteiger partial charge in [-0.1, -0.05) is 0 Å². The molecule has 0 aromatic carbocycles. The molecule has 0 amide bonds. The Morgan fingerprint density at radius 3 is 2.89 bits per heavy atom. The van der Waals surface area contributed by atoms with Crippen molar-refractivity contribution in [2.45, 2.75) is 26.5 Å². The topological polar surface area (TPSA) is 98.2 Å². The van der Waals surface area contributed by atoms with Crippen molar-refractivity contribution in [1.82, 2.24) is 15.3 Å². The van der Waals surface area contributed by atoms with Gasteiger partial charge < -0.3 is 20.5 Å². The van der Waals surface area contributed by atoms with Crippen LogP contribution < -0.4 is 10.9 Å². The lowest BCUT2D eigenvalue weighted by atomic mass is 10.2. The molecule has 1 unspecified atom stereocenters. The van der Waals surface area contributed by atoms with Crippen LogP contribution in [0, 0.1) is 13.8 Å². The third-order valence-electron chi connectivity index (χ3n) is 2.97. The van der Waals surface area contributed by atoms with E-state index in [1.54, 1.807) is 0 Å². The molecular formula is C12H17N3O3S. The van der Waals surface area contributed by atoms with Crippen molar-refractivity contribution >= 4 is 21.6 Å². The Kier molecular flexibility index (Phi) is 4.31. The number of aromatic amines is 1. The Bertz CT molecular complexity index is 635. The minimum absolute atomic E-state index is 0.133. The van der Waals surface area contributed by atoms with E-state index in [2.05, 4.69) is 15.3 Å². The standard InChI is InChI=1S/C12H17N3O3S/c1-6-7(2)19-12-10(6)11(18)14-9(15-12)4-13-3-8(17)5-16/h8,13,16-17H,3-5H2,1-2H3,(H,14,15,18). The van der Waals surface area contributed by atoms with E-state index in [-0.39, 0.29) is 18.7 Å². The summed E-state index contributed by atoms with van der Waals surface area (Å²) in [4.78, 5) is 20.9. The molecule has 0 radical (unpaired) electrons. The minimum atomic E-state index is -0.804. The van der Waals surface area contributed by atoms with E-state index in [1.165, 1.54) is 11.3 Å². The molecule has 4 N–H and O–H groups in total. The van der Waals surface area contributed by atoms with Gasteiger partial charge in [0.2, 0.25) is 0 Å². The number of nitrogens with one attached hydrogen (secondary N) is 2. The van der Waals surface area contributed by atoms with Gasteiger partial charge in [0.05, 0.1) is 24.6 Å². The average molecular weight is 283 g/mol. The fourth-order valence-electron chi connectivity index (χ4n) is 1.80. The average Bonchev–Trinajstić information content (AvgIpc) is 2.65. The van der Waals surface area contributed by atoms with E-state index in [0.717, 1.165) is 15.3 Å².